The van der Waals surface area contributed by atoms with Gasteiger partial charge in [0.15, 0.2) is 5.16 Å². The van der Waals surface area contributed by atoms with E-state index in [4.69, 9.17) is 4.74 Å². The van der Waals surface area contributed by atoms with Gasteiger partial charge in [-0.15, -0.1) is 0 Å². The van der Waals surface area contributed by atoms with Crippen molar-refractivity contribution in [3.8, 4) is 5.75 Å². The van der Waals surface area contributed by atoms with Gasteiger partial charge in [-0.05, 0) is 56.2 Å². The van der Waals surface area contributed by atoms with Gasteiger partial charge in [-0.2, -0.15) is 0 Å². The summed E-state index contributed by atoms with van der Waals surface area (Å²) in [7, 11) is 0. The van der Waals surface area contributed by atoms with E-state index in [1.54, 1.807) is 10.6 Å². The number of anilines is 1. The molecule has 0 aliphatic carbocycles. The Morgan fingerprint density at radius 1 is 1.13 bits per heavy atom. The van der Waals surface area contributed by atoms with Gasteiger partial charge in [0.1, 0.15) is 5.75 Å². The van der Waals surface area contributed by atoms with E-state index in [1.807, 2.05) is 56.3 Å². The fraction of sp³-hybridized carbons (Fsp3) is 0.348. The van der Waals surface area contributed by atoms with Crippen LogP contribution in [-0.4, -0.2) is 27.3 Å². The standard InChI is InChI=1S/C23H27N3O3S/c1-5-29-18-12-10-17(11-13-18)24-21(27)16(4)30-23-25-20-9-7-6-8-19(20)22(28)26(23)14-15(2)3/h6-13,15-16H,5,14H2,1-4H3,(H,24,27)/t16-/m0/s1. The summed E-state index contributed by atoms with van der Waals surface area (Å²) in [5.74, 6) is 0.886. The van der Waals surface area contributed by atoms with E-state index < -0.39 is 5.25 Å². The molecular formula is C23H27N3O3S. The number of nitrogens with one attached hydrogen (secondary N) is 1. The lowest BCUT2D eigenvalue weighted by molar-refractivity contribution is -0.115. The molecule has 0 aliphatic rings. The molecule has 0 spiro atoms. The lowest BCUT2D eigenvalue weighted by Crippen LogP contribution is -2.28. The molecule has 0 saturated carbocycles. The molecule has 0 unspecified atom stereocenters. The molecule has 1 aromatic heterocycles. The Hall–Kier alpha value is -2.80. The SMILES string of the molecule is CCOc1ccc(NC(=O)[C@H](C)Sc2nc3ccccc3c(=O)n2CC(C)C)cc1. The van der Waals surface area contributed by atoms with Gasteiger partial charge in [0.2, 0.25) is 5.91 Å². The molecule has 1 N–H and O–H groups in total. The minimum atomic E-state index is -0.428. The van der Waals surface area contributed by atoms with Crippen LogP contribution in [0.3, 0.4) is 0 Å². The third-order valence-electron chi connectivity index (χ3n) is 4.46. The normalized spacial score (nSPS) is 12.2. The molecule has 0 radical (unpaired) electrons. The third kappa shape index (κ3) is 5.21. The molecule has 158 valence electrons. The van der Waals surface area contributed by atoms with Crippen LogP contribution in [0.4, 0.5) is 5.69 Å². The van der Waals surface area contributed by atoms with Gasteiger partial charge in [0.25, 0.3) is 5.56 Å². The number of thioether (sulfide) groups is 1. The summed E-state index contributed by atoms with van der Waals surface area (Å²) >= 11 is 1.29. The lowest BCUT2D eigenvalue weighted by atomic mass is 10.2. The maximum Gasteiger partial charge on any atom is 0.262 e. The molecule has 2 aromatic carbocycles. The van der Waals surface area contributed by atoms with E-state index in [-0.39, 0.29) is 17.4 Å². The summed E-state index contributed by atoms with van der Waals surface area (Å²) in [5.41, 5.74) is 1.27. The van der Waals surface area contributed by atoms with Crippen LogP contribution in [0.2, 0.25) is 0 Å². The number of para-hydroxylation sites is 1. The second-order valence-corrected chi connectivity index (χ2v) is 8.74. The smallest absolute Gasteiger partial charge is 0.262 e. The van der Waals surface area contributed by atoms with E-state index >= 15 is 0 Å². The topological polar surface area (TPSA) is 73.2 Å². The molecule has 6 nitrogen and oxygen atoms in total. The second kappa shape index (κ2) is 9.80. The zero-order valence-electron chi connectivity index (χ0n) is 17.7. The minimum Gasteiger partial charge on any atom is -0.494 e. The Bertz CT molecular complexity index is 1080. The van der Waals surface area contributed by atoms with Crippen molar-refractivity contribution in [2.24, 2.45) is 5.92 Å². The number of carbonyl (C=O) groups excluding carboxylic acids is 1. The average molecular weight is 426 g/mol. The molecule has 3 rings (SSSR count). The summed E-state index contributed by atoms with van der Waals surface area (Å²) in [4.78, 5) is 30.4. The Morgan fingerprint density at radius 2 is 1.83 bits per heavy atom. The first-order valence-corrected chi connectivity index (χ1v) is 11.0. The van der Waals surface area contributed by atoms with Crippen molar-refractivity contribution in [1.82, 2.24) is 9.55 Å². The first kappa shape index (κ1) is 21.9. The number of benzene rings is 2. The van der Waals surface area contributed by atoms with Gasteiger partial charge in [-0.3, -0.25) is 14.2 Å². The van der Waals surface area contributed by atoms with Crippen LogP contribution in [0.25, 0.3) is 10.9 Å². The van der Waals surface area contributed by atoms with Crippen molar-refractivity contribution in [2.75, 3.05) is 11.9 Å². The van der Waals surface area contributed by atoms with Crippen LogP contribution in [0.1, 0.15) is 27.7 Å². The molecular weight excluding hydrogens is 398 g/mol. The van der Waals surface area contributed by atoms with Gasteiger partial charge >= 0.3 is 0 Å². The van der Waals surface area contributed by atoms with Gasteiger partial charge in [0.05, 0.1) is 22.8 Å². The van der Waals surface area contributed by atoms with Crippen LogP contribution >= 0.6 is 11.8 Å². The number of ether oxygens (including phenoxy) is 1. The van der Waals surface area contributed by atoms with Crippen molar-refractivity contribution < 1.29 is 9.53 Å². The molecule has 30 heavy (non-hydrogen) atoms. The molecule has 0 aliphatic heterocycles. The zero-order valence-corrected chi connectivity index (χ0v) is 18.5. The predicted molar refractivity (Wildman–Crippen MR) is 122 cm³/mol. The predicted octanol–water partition coefficient (Wildman–Crippen LogP) is 4.57. The molecule has 0 fully saturated rings. The first-order chi connectivity index (χ1) is 14.4. The number of carbonyl (C=O) groups is 1. The molecule has 0 saturated heterocycles. The summed E-state index contributed by atoms with van der Waals surface area (Å²) in [6.07, 6.45) is 0. The fourth-order valence-corrected chi connectivity index (χ4v) is 3.94. The van der Waals surface area contributed by atoms with Crippen LogP contribution in [0, 0.1) is 5.92 Å². The fourth-order valence-electron chi connectivity index (χ4n) is 3.02. The number of amides is 1. The summed E-state index contributed by atoms with van der Waals surface area (Å²) in [5, 5.41) is 3.63. The van der Waals surface area contributed by atoms with Crippen LogP contribution in [0.15, 0.2) is 58.5 Å². The second-order valence-electron chi connectivity index (χ2n) is 7.43. The van der Waals surface area contributed by atoms with Crippen molar-refractivity contribution in [1.29, 1.82) is 0 Å². The van der Waals surface area contributed by atoms with Crippen molar-refractivity contribution in [3.63, 3.8) is 0 Å². The number of fused-ring (bicyclic) bond motifs is 1. The molecule has 1 atom stereocenters. The van der Waals surface area contributed by atoms with Crippen molar-refractivity contribution in [3.05, 3.63) is 58.9 Å². The number of rotatable bonds is 8. The molecule has 3 aromatic rings. The van der Waals surface area contributed by atoms with E-state index in [9.17, 15) is 9.59 Å². The van der Waals surface area contributed by atoms with Gasteiger partial charge in [-0.1, -0.05) is 37.7 Å². The molecule has 0 bridgehead atoms. The largest absolute Gasteiger partial charge is 0.494 e. The zero-order chi connectivity index (χ0) is 21.7. The highest BCUT2D eigenvalue weighted by Crippen LogP contribution is 2.25. The number of nitrogens with zero attached hydrogens (tertiary/aromatic N) is 2. The Labute approximate surface area is 180 Å². The summed E-state index contributed by atoms with van der Waals surface area (Å²) < 4.78 is 7.10. The van der Waals surface area contributed by atoms with Gasteiger partial charge in [0, 0.05) is 12.2 Å². The summed E-state index contributed by atoms with van der Waals surface area (Å²) in [6.45, 7) is 8.99. The van der Waals surface area contributed by atoms with Crippen LogP contribution in [0.5, 0.6) is 5.75 Å². The van der Waals surface area contributed by atoms with Gasteiger partial charge < -0.3 is 10.1 Å². The average Bonchev–Trinajstić information content (AvgIpc) is 2.72. The molecule has 1 amide bonds. The van der Waals surface area contributed by atoms with Gasteiger partial charge in [-0.25, -0.2) is 4.98 Å². The highest BCUT2D eigenvalue weighted by atomic mass is 32.2. The quantitative estimate of drug-likeness (QED) is 0.423. The van der Waals surface area contributed by atoms with E-state index in [2.05, 4.69) is 24.1 Å². The lowest BCUT2D eigenvalue weighted by Gasteiger charge is -2.17. The highest BCUT2D eigenvalue weighted by molar-refractivity contribution is 8.00. The number of hydrogen-bond acceptors (Lipinski definition) is 5. The van der Waals surface area contributed by atoms with E-state index in [0.29, 0.717) is 34.9 Å². The monoisotopic (exact) mass is 425 g/mol. The Morgan fingerprint density at radius 3 is 2.50 bits per heavy atom. The van der Waals surface area contributed by atoms with Crippen molar-refractivity contribution >= 4 is 34.3 Å². The third-order valence-corrected chi connectivity index (χ3v) is 5.55. The molecule has 1 heterocycles. The Kier molecular flexibility index (Phi) is 7.15. The Balaban J connectivity index is 1.81. The van der Waals surface area contributed by atoms with E-state index in [0.717, 1.165) is 5.75 Å². The maximum absolute atomic E-state index is 13.0. The first-order valence-electron chi connectivity index (χ1n) is 10.1. The van der Waals surface area contributed by atoms with Crippen LogP contribution in [-0.2, 0) is 11.3 Å². The van der Waals surface area contributed by atoms with Crippen molar-refractivity contribution in [2.45, 2.75) is 44.6 Å². The minimum absolute atomic E-state index is 0.0732. The number of aromatic nitrogens is 2. The summed E-state index contributed by atoms with van der Waals surface area (Å²) in [6, 6.07) is 14.6. The molecule has 7 heteroatoms. The van der Waals surface area contributed by atoms with E-state index in [1.165, 1.54) is 11.8 Å². The highest BCUT2D eigenvalue weighted by Gasteiger charge is 2.20. The number of hydrogen-bond donors (Lipinski definition) is 1. The maximum atomic E-state index is 13.0. The van der Waals surface area contributed by atoms with Crippen LogP contribution < -0.4 is 15.6 Å².